The predicted molar refractivity (Wildman–Crippen MR) is 63.7 cm³/mol. The fourth-order valence-corrected chi connectivity index (χ4v) is 2.84. The van der Waals surface area contributed by atoms with E-state index in [0.717, 1.165) is 10.6 Å². The molecule has 0 saturated heterocycles. The molecular weight excluding hydrogens is 232 g/mol. The van der Waals surface area contributed by atoms with Crippen molar-refractivity contribution in [2.24, 2.45) is 0 Å². The Kier molecular flexibility index (Phi) is 3.19. The molecule has 2 rings (SSSR count). The van der Waals surface area contributed by atoms with Gasteiger partial charge in [0, 0.05) is 16.5 Å². The standard InChI is InChI=1S/C10H11ClN2OS/c1-12-5-9-10(14)13-7-3-2-6(11)4-8(7)15-9/h2-4,9,12H,5H2,1H3,(H,13,14). The number of hydrogen-bond acceptors (Lipinski definition) is 3. The Labute approximate surface area is 97.6 Å². The van der Waals surface area contributed by atoms with Gasteiger partial charge in [-0.05, 0) is 25.2 Å². The molecule has 3 nitrogen and oxygen atoms in total. The van der Waals surface area contributed by atoms with Crippen molar-refractivity contribution in [3.05, 3.63) is 23.2 Å². The Morgan fingerprint density at radius 1 is 1.60 bits per heavy atom. The Morgan fingerprint density at radius 2 is 2.40 bits per heavy atom. The molecule has 1 unspecified atom stereocenters. The van der Waals surface area contributed by atoms with Crippen LogP contribution in [-0.2, 0) is 4.79 Å². The van der Waals surface area contributed by atoms with E-state index in [9.17, 15) is 4.79 Å². The van der Waals surface area contributed by atoms with Crippen molar-refractivity contribution in [1.29, 1.82) is 0 Å². The molecule has 1 aliphatic rings. The summed E-state index contributed by atoms with van der Waals surface area (Å²) in [4.78, 5) is 12.7. The number of thioether (sulfide) groups is 1. The highest BCUT2D eigenvalue weighted by Gasteiger charge is 2.26. The quantitative estimate of drug-likeness (QED) is 0.833. The lowest BCUT2D eigenvalue weighted by Crippen LogP contribution is -2.35. The van der Waals surface area contributed by atoms with Crippen LogP contribution in [-0.4, -0.2) is 24.7 Å². The first kappa shape index (κ1) is 10.8. The van der Waals surface area contributed by atoms with Crippen LogP contribution in [0.2, 0.25) is 5.02 Å². The second-order valence-electron chi connectivity index (χ2n) is 3.29. The second kappa shape index (κ2) is 4.43. The fraction of sp³-hybridized carbons (Fsp3) is 0.300. The largest absolute Gasteiger partial charge is 0.324 e. The van der Waals surface area contributed by atoms with E-state index in [1.807, 2.05) is 19.2 Å². The van der Waals surface area contributed by atoms with Crippen LogP contribution in [0.4, 0.5) is 5.69 Å². The molecule has 0 aliphatic carbocycles. The zero-order valence-electron chi connectivity index (χ0n) is 8.21. The maximum atomic E-state index is 11.6. The van der Waals surface area contributed by atoms with E-state index >= 15 is 0 Å². The van der Waals surface area contributed by atoms with Crippen LogP contribution in [0.3, 0.4) is 0 Å². The number of anilines is 1. The lowest BCUT2D eigenvalue weighted by atomic mass is 10.3. The Morgan fingerprint density at radius 3 is 3.13 bits per heavy atom. The van der Waals surface area contributed by atoms with Gasteiger partial charge in [0.15, 0.2) is 0 Å². The minimum Gasteiger partial charge on any atom is -0.324 e. The Balaban J connectivity index is 2.26. The van der Waals surface area contributed by atoms with Crippen LogP contribution in [0.5, 0.6) is 0 Å². The zero-order chi connectivity index (χ0) is 10.8. The van der Waals surface area contributed by atoms with Crippen LogP contribution >= 0.6 is 23.4 Å². The van der Waals surface area contributed by atoms with Gasteiger partial charge in [-0.2, -0.15) is 0 Å². The first-order valence-electron chi connectivity index (χ1n) is 4.62. The number of hydrogen-bond donors (Lipinski definition) is 2. The van der Waals surface area contributed by atoms with Crippen molar-refractivity contribution >= 4 is 35.0 Å². The third-order valence-electron chi connectivity index (χ3n) is 2.15. The Hall–Kier alpha value is -0.710. The minimum absolute atomic E-state index is 0.0455. The van der Waals surface area contributed by atoms with E-state index in [4.69, 9.17) is 11.6 Å². The molecule has 5 heteroatoms. The molecule has 15 heavy (non-hydrogen) atoms. The summed E-state index contributed by atoms with van der Waals surface area (Å²) >= 11 is 7.44. The van der Waals surface area contributed by atoms with E-state index in [1.54, 1.807) is 17.8 Å². The molecule has 0 spiro atoms. The van der Waals surface area contributed by atoms with Crippen LogP contribution in [0.15, 0.2) is 23.1 Å². The van der Waals surface area contributed by atoms with Crippen LogP contribution in [0.1, 0.15) is 0 Å². The van der Waals surface area contributed by atoms with Crippen molar-refractivity contribution in [3.8, 4) is 0 Å². The average molecular weight is 243 g/mol. The smallest absolute Gasteiger partial charge is 0.239 e. The maximum absolute atomic E-state index is 11.6. The summed E-state index contributed by atoms with van der Waals surface area (Å²) in [5.41, 5.74) is 0.849. The second-order valence-corrected chi connectivity index (χ2v) is 4.97. The number of carbonyl (C=O) groups excluding carboxylic acids is 1. The third-order valence-corrected chi connectivity index (χ3v) is 3.64. The van der Waals surface area contributed by atoms with Gasteiger partial charge >= 0.3 is 0 Å². The van der Waals surface area contributed by atoms with Gasteiger partial charge in [0.25, 0.3) is 0 Å². The lowest BCUT2D eigenvalue weighted by molar-refractivity contribution is -0.115. The molecule has 1 aromatic carbocycles. The van der Waals surface area contributed by atoms with Gasteiger partial charge < -0.3 is 10.6 Å². The minimum atomic E-state index is -0.0824. The SMILES string of the molecule is CNCC1Sc2cc(Cl)ccc2NC1=O. The molecular formula is C10H11ClN2OS. The summed E-state index contributed by atoms with van der Waals surface area (Å²) in [5.74, 6) is 0.0455. The predicted octanol–water partition coefficient (Wildman–Crippen LogP) is 1.97. The molecule has 2 N–H and O–H groups in total. The number of fused-ring (bicyclic) bond motifs is 1. The third kappa shape index (κ3) is 2.27. The van der Waals surface area contributed by atoms with E-state index in [2.05, 4.69) is 10.6 Å². The lowest BCUT2D eigenvalue weighted by Gasteiger charge is -2.23. The van der Waals surface area contributed by atoms with Crippen LogP contribution in [0, 0.1) is 0 Å². The van der Waals surface area contributed by atoms with Gasteiger partial charge in [-0.1, -0.05) is 11.6 Å². The van der Waals surface area contributed by atoms with Crippen molar-refractivity contribution < 1.29 is 4.79 Å². The number of amides is 1. The van der Waals surface area contributed by atoms with Crippen LogP contribution in [0.25, 0.3) is 0 Å². The molecule has 0 bridgehead atoms. The van der Waals surface area contributed by atoms with E-state index in [-0.39, 0.29) is 11.2 Å². The normalized spacial score (nSPS) is 19.6. The molecule has 0 radical (unpaired) electrons. The summed E-state index contributed by atoms with van der Waals surface area (Å²) in [6.07, 6.45) is 0. The molecule has 0 fully saturated rings. The highest BCUT2D eigenvalue weighted by molar-refractivity contribution is 8.01. The van der Waals surface area contributed by atoms with E-state index < -0.39 is 0 Å². The van der Waals surface area contributed by atoms with Gasteiger partial charge in [-0.3, -0.25) is 4.79 Å². The van der Waals surface area contributed by atoms with Gasteiger partial charge in [0.2, 0.25) is 5.91 Å². The maximum Gasteiger partial charge on any atom is 0.239 e. The average Bonchev–Trinajstić information content (AvgIpc) is 2.20. The monoisotopic (exact) mass is 242 g/mol. The summed E-state index contributed by atoms with van der Waals surface area (Å²) in [7, 11) is 1.83. The van der Waals surface area contributed by atoms with Gasteiger partial charge in [-0.15, -0.1) is 11.8 Å². The van der Waals surface area contributed by atoms with Gasteiger partial charge in [0.1, 0.15) is 5.25 Å². The van der Waals surface area contributed by atoms with Gasteiger partial charge in [-0.25, -0.2) is 0 Å². The van der Waals surface area contributed by atoms with Crippen molar-refractivity contribution in [3.63, 3.8) is 0 Å². The topological polar surface area (TPSA) is 41.1 Å². The fourth-order valence-electron chi connectivity index (χ4n) is 1.44. The molecule has 0 saturated carbocycles. The highest BCUT2D eigenvalue weighted by Crippen LogP contribution is 2.36. The van der Waals surface area contributed by atoms with Crippen molar-refractivity contribution in [2.75, 3.05) is 18.9 Å². The number of benzene rings is 1. The van der Waals surface area contributed by atoms with E-state index in [0.29, 0.717) is 11.6 Å². The first-order valence-corrected chi connectivity index (χ1v) is 5.88. The van der Waals surface area contributed by atoms with Crippen molar-refractivity contribution in [2.45, 2.75) is 10.1 Å². The number of rotatable bonds is 2. The Bertz CT molecular complexity index is 397. The molecule has 1 amide bonds. The summed E-state index contributed by atoms with van der Waals surface area (Å²) in [6, 6.07) is 5.49. The summed E-state index contributed by atoms with van der Waals surface area (Å²) in [6.45, 7) is 0.655. The molecule has 80 valence electrons. The first-order chi connectivity index (χ1) is 7.20. The summed E-state index contributed by atoms with van der Waals surface area (Å²) < 4.78 is 0. The molecule has 1 aliphatic heterocycles. The highest BCUT2D eigenvalue weighted by atomic mass is 35.5. The number of carbonyl (C=O) groups is 1. The van der Waals surface area contributed by atoms with Gasteiger partial charge in [0.05, 0.1) is 5.69 Å². The molecule has 0 aromatic heterocycles. The number of halogens is 1. The molecule has 1 atom stereocenters. The van der Waals surface area contributed by atoms with E-state index in [1.165, 1.54) is 0 Å². The molecule has 1 heterocycles. The van der Waals surface area contributed by atoms with Crippen LogP contribution < -0.4 is 10.6 Å². The number of nitrogens with one attached hydrogen (secondary N) is 2. The molecule has 1 aromatic rings. The summed E-state index contributed by atoms with van der Waals surface area (Å²) in [5, 5.41) is 6.47. The van der Waals surface area contributed by atoms with Crippen molar-refractivity contribution in [1.82, 2.24) is 5.32 Å². The zero-order valence-corrected chi connectivity index (χ0v) is 9.78.